The average Bonchev–Trinajstić information content (AvgIpc) is 3.12. The van der Waals surface area contributed by atoms with Gasteiger partial charge in [-0.25, -0.2) is 14.4 Å². The van der Waals surface area contributed by atoms with Gasteiger partial charge in [0.05, 0.1) is 26.8 Å². The van der Waals surface area contributed by atoms with Crippen LogP contribution in [0.3, 0.4) is 0 Å². The van der Waals surface area contributed by atoms with E-state index in [2.05, 4.69) is 0 Å². The number of esters is 3. The number of nitrogens with zero attached hydrogens (tertiary/aromatic N) is 1. The minimum atomic E-state index is -0.840. The number of ether oxygens (including phenoxy) is 3. The second kappa shape index (κ2) is 8.43. The fourth-order valence-electron chi connectivity index (χ4n) is 3.10. The number of methoxy groups -OCH3 is 3. The minimum Gasteiger partial charge on any atom is -0.465 e. The van der Waals surface area contributed by atoms with Gasteiger partial charge in [-0.1, -0.05) is 42.5 Å². The zero-order chi connectivity index (χ0) is 21.0. The quantitative estimate of drug-likeness (QED) is 0.488. The third kappa shape index (κ3) is 3.62. The summed E-state index contributed by atoms with van der Waals surface area (Å²) < 4.78 is 16.0. The molecule has 7 nitrogen and oxygen atoms in total. The summed E-state index contributed by atoms with van der Waals surface area (Å²) in [5.41, 5.74) is 1.46. The third-order valence-corrected chi connectivity index (χ3v) is 4.39. The van der Waals surface area contributed by atoms with Crippen molar-refractivity contribution in [1.82, 2.24) is 4.40 Å². The molecule has 0 aliphatic carbocycles. The Bertz CT molecular complexity index is 1110. The summed E-state index contributed by atoms with van der Waals surface area (Å²) in [6.45, 7) is 0. The Labute approximate surface area is 167 Å². The van der Waals surface area contributed by atoms with Crippen LogP contribution in [-0.4, -0.2) is 43.6 Å². The smallest absolute Gasteiger partial charge is 0.355 e. The number of pyridine rings is 1. The summed E-state index contributed by atoms with van der Waals surface area (Å²) in [4.78, 5) is 37.5. The zero-order valence-electron chi connectivity index (χ0n) is 16.2. The van der Waals surface area contributed by atoms with Gasteiger partial charge in [-0.2, -0.15) is 0 Å². The van der Waals surface area contributed by atoms with Gasteiger partial charge in [-0.15, -0.1) is 0 Å². The van der Waals surface area contributed by atoms with Crippen LogP contribution in [0, 0.1) is 0 Å². The monoisotopic (exact) mass is 393 g/mol. The summed E-state index contributed by atoms with van der Waals surface area (Å²) >= 11 is 0. The SMILES string of the molecule is COC(=O)c1c(C(=O)OC)c2cccc(/C=C/c3ccccc3)n2c1C(=O)OC. The van der Waals surface area contributed by atoms with Crippen molar-refractivity contribution in [3.63, 3.8) is 0 Å². The number of carbonyl (C=O) groups excluding carboxylic acids is 3. The molecule has 0 atom stereocenters. The van der Waals surface area contributed by atoms with Crippen molar-refractivity contribution in [2.75, 3.05) is 21.3 Å². The number of rotatable bonds is 5. The molecule has 2 aromatic heterocycles. The number of hydrogen-bond donors (Lipinski definition) is 0. The highest BCUT2D eigenvalue weighted by Crippen LogP contribution is 2.28. The molecule has 0 N–H and O–H groups in total. The van der Waals surface area contributed by atoms with Crippen molar-refractivity contribution >= 4 is 35.6 Å². The van der Waals surface area contributed by atoms with Crippen LogP contribution >= 0.6 is 0 Å². The lowest BCUT2D eigenvalue weighted by Gasteiger charge is -2.07. The zero-order valence-corrected chi connectivity index (χ0v) is 16.2. The van der Waals surface area contributed by atoms with E-state index in [0.717, 1.165) is 5.56 Å². The Morgan fingerprint density at radius 2 is 1.34 bits per heavy atom. The molecule has 0 amide bonds. The van der Waals surface area contributed by atoms with E-state index < -0.39 is 17.9 Å². The molecule has 0 saturated carbocycles. The van der Waals surface area contributed by atoms with Crippen LogP contribution in [-0.2, 0) is 14.2 Å². The lowest BCUT2D eigenvalue weighted by molar-refractivity contribution is 0.0536. The average molecular weight is 393 g/mol. The van der Waals surface area contributed by atoms with Crippen molar-refractivity contribution < 1.29 is 28.6 Å². The Morgan fingerprint density at radius 1 is 0.724 bits per heavy atom. The first-order chi connectivity index (χ1) is 14.0. The van der Waals surface area contributed by atoms with Gasteiger partial charge in [0.15, 0.2) is 0 Å². The molecule has 148 valence electrons. The second-order valence-electron chi connectivity index (χ2n) is 5.99. The molecule has 0 spiro atoms. The van der Waals surface area contributed by atoms with Crippen LogP contribution in [0.5, 0.6) is 0 Å². The van der Waals surface area contributed by atoms with E-state index in [1.807, 2.05) is 36.4 Å². The van der Waals surface area contributed by atoms with Crippen molar-refractivity contribution in [1.29, 1.82) is 0 Å². The highest BCUT2D eigenvalue weighted by Gasteiger charge is 2.33. The summed E-state index contributed by atoms with van der Waals surface area (Å²) in [5, 5.41) is 0. The number of fused-ring (bicyclic) bond motifs is 1. The summed E-state index contributed by atoms with van der Waals surface area (Å²) in [6, 6.07) is 14.6. The van der Waals surface area contributed by atoms with Gasteiger partial charge >= 0.3 is 17.9 Å². The van der Waals surface area contributed by atoms with Crippen molar-refractivity contribution in [2.24, 2.45) is 0 Å². The molecular formula is C22H19NO6. The fraction of sp³-hybridized carbons (Fsp3) is 0.136. The van der Waals surface area contributed by atoms with Crippen LogP contribution in [0.15, 0.2) is 48.5 Å². The first-order valence-electron chi connectivity index (χ1n) is 8.69. The molecule has 3 rings (SSSR count). The van der Waals surface area contributed by atoms with E-state index in [4.69, 9.17) is 14.2 Å². The molecule has 0 radical (unpaired) electrons. The van der Waals surface area contributed by atoms with Gasteiger partial charge < -0.3 is 18.6 Å². The predicted octanol–water partition coefficient (Wildman–Crippen LogP) is 3.47. The lowest BCUT2D eigenvalue weighted by Crippen LogP contribution is -2.15. The molecule has 29 heavy (non-hydrogen) atoms. The number of hydrogen-bond acceptors (Lipinski definition) is 6. The van der Waals surface area contributed by atoms with E-state index >= 15 is 0 Å². The predicted molar refractivity (Wildman–Crippen MR) is 107 cm³/mol. The maximum absolute atomic E-state index is 12.6. The second-order valence-corrected chi connectivity index (χ2v) is 5.99. The fourth-order valence-corrected chi connectivity index (χ4v) is 3.10. The Balaban J connectivity index is 2.37. The van der Waals surface area contributed by atoms with Gasteiger partial charge in [-0.05, 0) is 23.8 Å². The molecule has 0 aliphatic rings. The van der Waals surface area contributed by atoms with Gasteiger partial charge in [-0.3, -0.25) is 0 Å². The third-order valence-electron chi connectivity index (χ3n) is 4.39. The van der Waals surface area contributed by atoms with Gasteiger partial charge in [0.25, 0.3) is 0 Å². The molecular weight excluding hydrogens is 374 g/mol. The van der Waals surface area contributed by atoms with Crippen molar-refractivity contribution in [2.45, 2.75) is 0 Å². The summed E-state index contributed by atoms with van der Waals surface area (Å²) in [7, 11) is 3.57. The highest BCUT2D eigenvalue weighted by atomic mass is 16.5. The van der Waals surface area contributed by atoms with Crippen molar-refractivity contribution in [3.8, 4) is 0 Å². The molecule has 0 bridgehead atoms. The molecule has 2 heterocycles. The maximum Gasteiger partial charge on any atom is 0.355 e. The first-order valence-corrected chi connectivity index (χ1v) is 8.69. The van der Waals surface area contributed by atoms with E-state index in [1.165, 1.54) is 25.7 Å². The molecule has 3 aromatic rings. The number of aromatic nitrogens is 1. The highest BCUT2D eigenvalue weighted by molar-refractivity contribution is 6.14. The minimum absolute atomic E-state index is 0.0605. The van der Waals surface area contributed by atoms with Crippen LogP contribution in [0.2, 0.25) is 0 Å². The Morgan fingerprint density at radius 3 is 1.97 bits per heavy atom. The topological polar surface area (TPSA) is 83.3 Å². The Kier molecular flexibility index (Phi) is 5.78. The molecule has 0 fully saturated rings. The largest absolute Gasteiger partial charge is 0.465 e. The van der Waals surface area contributed by atoms with E-state index in [0.29, 0.717) is 11.2 Å². The number of benzene rings is 1. The number of carbonyl (C=O) groups is 3. The summed E-state index contributed by atoms with van der Waals surface area (Å²) in [5.74, 6) is -2.38. The first kappa shape index (κ1) is 19.9. The van der Waals surface area contributed by atoms with Gasteiger partial charge in [0, 0.05) is 5.69 Å². The van der Waals surface area contributed by atoms with Crippen LogP contribution in [0.1, 0.15) is 42.5 Å². The van der Waals surface area contributed by atoms with Crippen LogP contribution in [0.4, 0.5) is 0 Å². The van der Waals surface area contributed by atoms with E-state index in [-0.39, 0.29) is 16.8 Å². The van der Waals surface area contributed by atoms with Crippen LogP contribution < -0.4 is 0 Å². The molecule has 0 aliphatic heterocycles. The molecule has 0 saturated heterocycles. The Hall–Kier alpha value is -3.87. The lowest BCUT2D eigenvalue weighted by atomic mass is 10.1. The van der Waals surface area contributed by atoms with Gasteiger partial charge in [0.2, 0.25) is 0 Å². The normalized spacial score (nSPS) is 10.9. The molecule has 0 unspecified atom stereocenters. The van der Waals surface area contributed by atoms with E-state index in [1.54, 1.807) is 24.3 Å². The van der Waals surface area contributed by atoms with Crippen molar-refractivity contribution in [3.05, 3.63) is 76.6 Å². The maximum atomic E-state index is 12.6. The van der Waals surface area contributed by atoms with Gasteiger partial charge in [0.1, 0.15) is 16.8 Å². The summed E-state index contributed by atoms with van der Waals surface area (Å²) in [6.07, 6.45) is 3.63. The molecule has 1 aromatic carbocycles. The van der Waals surface area contributed by atoms with E-state index in [9.17, 15) is 14.4 Å². The standard InChI is InChI=1S/C22H19NO6/c1-27-20(24)17-16-11-7-10-15(13-12-14-8-5-4-6-9-14)23(16)19(22(26)29-3)18(17)21(25)28-2/h4-13H,1-3H3/b13-12+. The van der Waals surface area contributed by atoms with Crippen LogP contribution in [0.25, 0.3) is 17.7 Å². The molecule has 7 heteroatoms.